The van der Waals surface area contributed by atoms with Gasteiger partial charge in [0.1, 0.15) is 11.5 Å². The predicted octanol–water partition coefficient (Wildman–Crippen LogP) is 5.12. The van der Waals surface area contributed by atoms with E-state index in [0.717, 1.165) is 17.0 Å². The molecule has 0 saturated heterocycles. The Hall–Kier alpha value is -2.77. The molecular weight excluding hydrogens is 374 g/mol. The molecule has 6 nitrogen and oxygen atoms in total. The first-order valence-electron chi connectivity index (χ1n) is 7.60. The number of thiazole rings is 1. The van der Waals surface area contributed by atoms with Crippen LogP contribution in [0.4, 0.5) is 15.6 Å². The Balaban J connectivity index is 1.71. The number of aromatic nitrogens is 1. The second-order valence-electron chi connectivity index (χ2n) is 5.19. The molecule has 134 valence electrons. The Morgan fingerprint density at radius 3 is 2.73 bits per heavy atom. The molecule has 26 heavy (non-hydrogen) atoms. The second kappa shape index (κ2) is 8.07. The maximum atomic E-state index is 12.2. The van der Waals surface area contributed by atoms with Crippen molar-refractivity contribution in [3.05, 3.63) is 52.9 Å². The number of halogens is 1. The lowest BCUT2D eigenvalue weighted by atomic mass is 10.2. The van der Waals surface area contributed by atoms with Crippen LogP contribution < -0.4 is 20.1 Å². The first kappa shape index (κ1) is 18.0. The van der Waals surface area contributed by atoms with Crippen molar-refractivity contribution in [3.63, 3.8) is 0 Å². The van der Waals surface area contributed by atoms with E-state index < -0.39 is 6.03 Å². The first-order chi connectivity index (χ1) is 12.6. The molecule has 2 amide bonds. The zero-order valence-electron chi connectivity index (χ0n) is 14.1. The number of benzene rings is 2. The summed E-state index contributed by atoms with van der Waals surface area (Å²) in [5.74, 6) is 1.26. The quantitative estimate of drug-likeness (QED) is 0.634. The Labute approximate surface area is 159 Å². The molecule has 2 N–H and O–H groups in total. The van der Waals surface area contributed by atoms with E-state index in [-0.39, 0.29) is 0 Å². The molecule has 0 aliphatic rings. The van der Waals surface area contributed by atoms with Crippen LogP contribution in [0.2, 0.25) is 5.02 Å². The predicted molar refractivity (Wildman–Crippen MR) is 105 cm³/mol. The van der Waals surface area contributed by atoms with Gasteiger partial charge in [-0.25, -0.2) is 9.78 Å². The van der Waals surface area contributed by atoms with Crippen LogP contribution in [0.1, 0.15) is 0 Å². The molecule has 0 saturated carbocycles. The standard InChI is InChI=1S/C18H16ClN3O3S/c1-24-13-5-3-4-11(8-13)15-10-26-18(21-15)22-17(23)20-14-9-12(19)6-7-16(14)25-2/h3-10H,1-2H3,(H2,20,21,22,23). The molecule has 1 aromatic heterocycles. The highest BCUT2D eigenvalue weighted by Crippen LogP contribution is 2.29. The van der Waals surface area contributed by atoms with Crippen LogP contribution in [0.25, 0.3) is 11.3 Å². The zero-order chi connectivity index (χ0) is 18.5. The molecule has 3 rings (SSSR count). The Morgan fingerprint density at radius 1 is 1.12 bits per heavy atom. The Kier molecular flexibility index (Phi) is 5.60. The van der Waals surface area contributed by atoms with Crippen molar-refractivity contribution in [2.24, 2.45) is 0 Å². The van der Waals surface area contributed by atoms with Gasteiger partial charge in [-0.1, -0.05) is 23.7 Å². The van der Waals surface area contributed by atoms with E-state index in [0.29, 0.717) is 21.6 Å². The number of hydrogen-bond acceptors (Lipinski definition) is 5. The number of carbonyl (C=O) groups is 1. The van der Waals surface area contributed by atoms with E-state index in [1.165, 1.54) is 18.4 Å². The van der Waals surface area contributed by atoms with E-state index in [4.69, 9.17) is 21.1 Å². The van der Waals surface area contributed by atoms with Crippen LogP contribution in [0.15, 0.2) is 47.8 Å². The third-order valence-corrected chi connectivity index (χ3v) is 4.49. The van der Waals surface area contributed by atoms with Crippen molar-refractivity contribution in [2.75, 3.05) is 24.9 Å². The summed E-state index contributed by atoms with van der Waals surface area (Å²) >= 11 is 7.29. The van der Waals surface area contributed by atoms with Gasteiger partial charge in [0.25, 0.3) is 0 Å². The number of nitrogens with one attached hydrogen (secondary N) is 2. The van der Waals surface area contributed by atoms with Crippen LogP contribution >= 0.6 is 22.9 Å². The van der Waals surface area contributed by atoms with Crippen LogP contribution in [-0.4, -0.2) is 25.2 Å². The number of amides is 2. The molecule has 0 aliphatic heterocycles. The molecule has 0 unspecified atom stereocenters. The van der Waals surface area contributed by atoms with E-state index in [1.54, 1.807) is 25.3 Å². The van der Waals surface area contributed by atoms with Crippen molar-refractivity contribution in [1.82, 2.24) is 4.98 Å². The molecule has 0 spiro atoms. The first-order valence-corrected chi connectivity index (χ1v) is 8.86. The summed E-state index contributed by atoms with van der Waals surface area (Å²) in [6.07, 6.45) is 0. The fraction of sp³-hybridized carbons (Fsp3) is 0.111. The highest BCUT2D eigenvalue weighted by atomic mass is 35.5. The average Bonchev–Trinajstić information content (AvgIpc) is 3.10. The number of nitrogens with zero attached hydrogens (tertiary/aromatic N) is 1. The number of anilines is 2. The van der Waals surface area contributed by atoms with Gasteiger partial charge in [0.05, 0.1) is 25.6 Å². The van der Waals surface area contributed by atoms with Crippen LogP contribution in [0.5, 0.6) is 11.5 Å². The second-order valence-corrected chi connectivity index (χ2v) is 6.49. The summed E-state index contributed by atoms with van der Waals surface area (Å²) in [6, 6.07) is 12.1. The zero-order valence-corrected chi connectivity index (χ0v) is 15.6. The SMILES string of the molecule is COc1cccc(-c2csc(NC(=O)Nc3cc(Cl)ccc3OC)n2)c1. The van der Waals surface area contributed by atoms with Crippen LogP contribution in [0, 0.1) is 0 Å². The number of urea groups is 1. The summed E-state index contributed by atoms with van der Waals surface area (Å²) in [6.45, 7) is 0. The fourth-order valence-electron chi connectivity index (χ4n) is 2.27. The number of hydrogen-bond donors (Lipinski definition) is 2. The molecule has 0 atom stereocenters. The average molecular weight is 390 g/mol. The smallest absolute Gasteiger partial charge is 0.325 e. The van der Waals surface area contributed by atoms with Gasteiger partial charge in [-0.05, 0) is 30.3 Å². The van der Waals surface area contributed by atoms with Crippen molar-refractivity contribution in [3.8, 4) is 22.8 Å². The molecule has 8 heteroatoms. The van der Waals surface area contributed by atoms with Gasteiger partial charge in [0.15, 0.2) is 5.13 Å². The van der Waals surface area contributed by atoms with Gasteiger partial charge in [0, 0.05) is 16.0 Å². The molecular formula is C18H16ClN3O3S. The Bertz CT molecular complexity index is 930. The van der Waals surface area contributed by atoms with Gasteiger partial charge in [0.2, 0.25) is 0 Å². The minimum absolute atomic E-state index is 0.433. The van der Waals surface area contributed by atoms with Crippen molar-refractivity contribution in [1.29, 1.82) is 0 Å². The van der Waals surface area contributed by atoms with E-state index >= 15 is 0 Å². The number of methoxy groups -OCH3 is 2. The molecule has 1 heterocycles. The summed E-state index contributed by atoms with van der Waals surface area (Å²) in [5.41, 5.74) is 2.14. The highest BCUT2D eigenvalue weighted by molar-refractivity contribution is 7.14. The molecule has 0 bridgehead atoms. The van der Waals surface area contributed by atoms with Crippen molar-refractivity contribution < 1.29 is 14.3 Å². The minimum Gasteiger partial charge on any atom is -0.497 e. The van der Waals surface area contributed by atoms with Crippen molar-refractivity contribution >= 4 is 39.8 Å². The van der Waals surface area contributed by atoms with Gasteiger partial charge in [-0.15, -0.1) is 11.3 Å². The maximum absolute atomic E-state index is 12.2. The molecule has 2 aromatic carbocycles. The lowest BCUT2D eigenvalue weighted by Crippen LogP contribution is -2.19. The lowest BCUT2D eigenvalue weighted by molar-refractivity contribution is 0.262. The van der Waals surface area contributed by atoms with E-state index in [2.05, 4.69) is 15.6 Å². The lowest BCUT2D eigenvalue weighted by Gasteiger charge is -2.10. The largest absolute Gasteiger partial charge is 0.497 e. The summed E-state index contributed by atoms with van der Waals surface area (Å²) in [4.78, 5) is 16.7. The molecule has 0 fully saturated rings. The molecule has 0 aliphatic carbocycles. The van der Waals surface area contributed by atoms with Crippen LogP contribution in [0.3, 0.4) is 0 Å². The van der Waals surface area contributed by atoms with E-state index in [1.807, 2.05) is 29.6 Å². The van der Waals surface area contributed by atoms with Gasteiger partial charge in [-0.2, -0.15) is 0 Å². The molecule has 3 aromatic rings. The number of ether oxygens (including phenoxy) is 2. The molecule has 0 radical (unpaired) electrons. The summed E-state index contributed by atoms with van der Waals surface area (Å²) in [7, 11) is 3.13. The Morgan fingerprint density at radius 2 is 1.96 bits per heavy atom. The van der Waals surface area contributed by atoms with Gasteiger partial charge in [-0.3, -0.25) is 5.32 Å². The summed E-state index contributed by atoms with van der Waals surface area (Å²) in [5, 5.41) is 8.25. The van der Waals surface area contributed by atoms with Crippen LogP contribution in [-0.2, 0) is 0 Å². The summed E-state index contributed by atoms with van der Waals surface area (Å²) < 4.78 is 10.4. The highest BCUT2D eigenvalue weighted by Gasteiger charge is 2.11. The van der Waals surface area contributed by atoms with Gasteiger partial charge >= 0.3 is 6.03 Å². The third-order valence-electron chi connectivity index (χ3n) is 3.50. The maximum Gasteiger partial charge on any atom is 0.325 e. The number of rotatable bonds is 5. The van der Waals surface area contributed by atoms with Crippen molar-refractivity contribution in [2.45, 2.75) is 0 Å². The minimum atomic E-state index is -0.433. The normalized spacial score (nSPS) is 10.3. The number of carbonyl (C=O) groups excluding carboxylic acids is 1. The third kappa shape index (κ3) is 4.25. The fourth-order valence-corrected chi connectivity index (χ4v) is 3.16. The monoisotopic (exact) mass is 389 g/mol. The topological polar surface area (TPSA) is 72.5 Å². The van der Waals surface area contributed by atoms with Gasteiger partial charge < -0.3 is 14.8 Å². The van der Waals surface area contributed by atoms with E-state index in [9.17, 15) is 4.79 Å².